The zero-order chi connectivity index (χ0) is 22.1. The Labute approximate surface area is 172 Å². The van der Waals surface area contributed by atoms with Gasteiger partial charge >= 0.3 is 6.18 Å². The highest BCUT2D eigenvalue weighted by Gasteiger charge is 2.32. The first kappa shape index (κ1) is 21.7. The second-order valence-corrected chi connectivity index (χ2v) is 7.65. The summed E-state index contributed by atoms with van der Waals surface area (Å²) < 4.78 is 38.7. The molecule has 1 atom stereocenters. The molecule has 1 aromatic heterocycles. The van der Waals surface area contributed by atoms with Crippen LogP contribution >= 0.6 is 0 Å². The zero-order valence-electron chi connectivity index (χ0n) is 16.9. The molecular weight excluding hydrogens is 395 g/mol. The highest BCUT2D eigenvalue weighted by Crippen LogP contribution is 2.35. The van der Waals surface area contributed by atoms with Crippen molar-refractivity contribution in [1.29, 1.82) is 0 Å². The zero-order valence-corrected chi connectivity index (χ0v) is 16.9. The van der Waals surface area contributed by atoms with E-state index in [0.29, 0.717) is 16.9 Å². The Hall–Kier alpha value is -3.03. The molecule has 30 heavy (non-hydrogen) atoms. The molecule has 0 radical (unpaired) electrons. The molecule has 1 aliphatic heterocycles. The number of benzene rings is 1. The molecule has 3 rings (SSSR count). The van der Waals surface area contributed by atoms with Gasteiger partial charge in [-0.25, -0.2) is 4.99 Å². The highest BCUT2D eigenvalue weighted by molar-refractivity contribution is 6.41. The van der Waals surface area contributed by atoms with E-state index in [9.17, 15) is 22.8 Å². The lowest BCUT2D eigenvalue weighted by molar-refractivity contribution is -0.137. The number of halogens is 3. The molecule has 1 aromatic carbocycles. The first-order valence-corrected chi connectivity index (χ1v) is 9.60. The van der Waals surface area contributed by atoms with Crippen molar-refractivity contribution in [3.63, 3.8) is 0 Å². The summed E-state index contributed by atoms with van der Waals surface area (Å²) in [4.78, 5) is 32.9. The van der Waals surface area contributed by atoms with Gasteiger partial charge in [0.1, 0.15) is 11.5 Å². The lowest BCUT2D eigenvalue weighted by Gasteiger charge is -2.15. The minimum atomic E-state index is -4.44. The van der Waals surface area contributed by atoms with Gasteiger partial charge in [0.25, 0.3) is 5.91 Å². The molecular formula is C22H22F3N3O2. The van der Waals surface area contributed by atoms with Crippen LogP contribution in [0.2, 0.25) is 0 Å². The number of carbonyl (C=O) groups is 2. The van der Waals surface area contributed by atoms with Crippen LogP contribution in [0.1, 0.15) is 49.2 Å². The van der Waals surface area contributed by atoms with Crippen LogP contribution in [0.3, 0.4) is 0 Å². The molecule has 5 nitrogen and oxygen atoms in total. The first-order chi connectivity index (χ1) is 14.0. The summed E-state index contributed by atoms with van der Waals surface area (Å²) in [7, 11) is 0. The maximum atomic E-state index is 12.9. The van der Waals surface area contributed by atoms with Gasteiger partial charge in [-0.1, -0.05) is 13.8 Å². The Kier molecular flexibility index (Phi) is 6.05. The molecule has 0 saturated carbocycles. The minimum absolute atomic E-state index is 0.0439. The summed E-state index contributed by atoms with van der Waals surface area (Å²) in [5, 5.41) is 2.82. The molecule has 8 heteroatoms. The molecule has 2 heterocycles. The van der Waals surface area contributed by atoms with Crippen LogP contribution in [0.5, 0.6) is 0 Å². The van der Waals surface area contributed by atoms with E-state index in [1.165, 1.54) is 6.07 Å². The van der Waals surface area contributed by atoms with Gasteiger partial charge in [0.15, 0.2) is 0 Å². The predicted molar refractivity (Wildman–Crippen MR) is 107 cm³/mol. The molecule has 0 aliphatic carbocycles. The van der Waals surface area contributed by atoms with E-state index >= 15 is 0 Å². The van der Waals surface area contributed by atoms with Gasteiger partial charge in [0.05, 0.1) is 17.3 Å². The third kappa shape index (κ3) is 4.93. The fraction of sp³-hybridized carbons (Fsp3) is 0.364. The number of carbonyl (C=O) groups excluding carboxylic acids is 2. The van der Waals surface area contributed by atoms with Gasteiger partial charge in [-0.05, 0) is 48.4 Å². The van der Waals surface area contributed by atoms with Crippen LogP contribution in [-0.4, -0.2) is 22.4 Å². The number of pyridine rings is 1. The van der Waals surface area contributed by atoms with Gasteiger partial charge in [-0.15, -0.1) is 0 Å². The quantitative estimate of drug-likeness (QED) is 0.759. The maximum Gasteiger partial charge on any atom is 0.416 e. The van der Waals surface area contributed by atoms with Crippen molar-refractivity contribution in [2.75, 3.05) is 0 Å². The Morgan fingerprint density at radius 3 is 2.53 bits per heavy atom. The number of amides is 1. The van der Waals surface area contributed by atoms with E-state index in [-0.39, 0.29) is 36.3 Å². The molecule has 0 spiro atoms. The topological polar surface area (TPSA) is 71.4 Å². The molecule has 158 valence electrons. The average molecular weight is 417 g/mol. The number of rotatable bonds is 6. The van der Waals surface area contributed by atoms with E-state index in [4.69, 9.17) is 0 Å². The largest absolute Gasteiger partial charge is 0.416 e. The summed E-state index contributed by atoms with van der Waals surface area (Å²) in [6, 6.07) is 6.40. The van der Waals surface area contributed by atoms with Crippen LogP contribution in [0.15, 0.2) is 41.5 Å². The number of aliphatic imine (C=N–C) groups is 1. The molecule has 2 aromatic rings. The van der Waals surface area contributed by atoms with Crippen LogP contribution in [0.4, 0.5) is 18.9 Å². The van der Waals surface area contributed by atoms with Crippen LogP contribution < -0.4 is 5.32 Å². The number of alkyl halides is 3. The van der Waals surface area contributed by atoms with Crippen LogP contribution in [0.25, 0.3) is 0 Å². The van der Waals surface area contributed by atoms with E-state index in [2.05, 4.69) is 15.3 Å². The van der Waals surface area contributed by atoms with Gasteiger partial charge in [-0.3, -0.25) is 14.6 Å². The summed E-state index contributed by atoms with van der Waals surface area (Å²) in [5.41, 5.74) is 1.56. The van der Waals surface area contributed by atoms with Crippen molar-refractivity contribution >= 4 is 23.1 Å². The standard InChI is InChI=1S/C22H22F3N3O2/c1-12(2)20(29)11-17-9-14(6-7-26-17)13(3)27-21(30)19-10-15-8-16(22(23,24)25)4-5-18(15)28-19/h4-9,12-13H,10-11H2,1-3H3,(H,27,30). The van der Waals surface area contributed by atoms with Crippen LogP contribution in [-0.2, 0) is 28.6 Å². The number of hydrogen-bond donors (Lipinski definition) is 1. The van der Waals surface area contributed by atoms with Crippen molar-refractivity contribution in [2.45, 2.75) is 45.8 Å². The number of ketones is 1. The van der Waals surface area contributed by atoms with E-state index in [1.807, 2.05) is 13.8 Å². The number of aromatic nitrogens is 1. The average Bonchev–Trinajstić information content (AvgIpc) is 3.11. The molecule has 1 aliphatic rings. The normalized spacial score (nSPS) is 14.3. The third-order valence-corrected chi connectivity index (χ3v) is 4.97. The summed E-state index contributed by atoms with van der Waals surface area (Å²) >= 11 is 0. The van der Waals surface area contributed by atoms with Crippen molar-refractivity contribution in [3.8, 4) is 0 Å². The number of nitrogens with one attached hydrogen (secondary N) is 1. The lowest BCUT2D eigenvalue weighted by Crippen LogP contribution is -2.33. The number of fused-ring (bicyclic) bond motifs is 1. The maximum absolute atomic E-state index is 12.9. The molecule has 1 N–H and O–H groups in total. The summed E-state index contributed by atoms with van der Waals surface area (Å²) in [6.45, 7) is 5.44. The Balaban J connectivity index is 1.67. The SMILES string of the molecule is CC(C)C(=O)Cc1cc(C(C)NC(=O)C2=Nc3ccc(C(F)(F)F)cc3C2)ccn1. The summed E-state index contributed by atoms with van der Waals surface area (Å²) in [5.74, 6) is -0.455. The molecule has 0 saturated heterocycles. The number of nitrogens with zero attached hydrogens (tertiary/aromatic N) is 2. The van der Waals surface area contributed by atoms with Crippen molar-refractivity contribution in [3.05, 3.63) is 58.9 Å². The Morgan fingerprint density at radius 2 is 1.87 bits per heavy atom. The lowest BCUT2D eigenvalue weighted by atomic mass is 10.0. The smallest absolute Gasteiger partial charge is 0.344 e. The van der Waals surface area contributed by atoms with E-state index < -0.39 is 17.6 Å². The van der Waals surface area contributed by atoms with Gasteiger partial charge in [0, 0.05) is 30.7 Å². The third-order valence-electron chi connectivity index (χ3n) is 4.97. The first-order valence-electron chi connectivity index (χ1n) is 9.60. The highest BCUT2D eigenvalue weighted by atomic mass is 19.4. The fourth-order valence-corrected chi connectivity index (χ4v) is 3.12. The van der Waals surface area contributed by atoms with Crippen molar-refractivity contribution < 1.29 is 22.8 Å². The molecule has 0 bridgehead atoms. The van der Waals surface area contributed by atoms with Crippen molar-refractivity contribution in [2.24, 2.45) is 10.9 Å². The molecule has 1 amide bonds. The Morgan fingerprint density at radius 1 is 1.13 bits per heavy atom. The van der Waals surface area contributed by atoms with Gasteiger partial charge < -0.3 is 5.32 Å². The number of hydrogen-bond acceptors (Lipinski definition) is 4. The second kappa shape index (κ2) is 8.38. The van der Waals surface area contributed by atoms with Gasteiger partial charge in [0.2, 0.25) is 0 Å². The Bertz CT molecular complexity index is 1010. The minimum Gasteiger partial charge on any atom is -0.344 e. The fourth-order valence-electron chi connectivity index (χ4n) is 3.12. The molecule has 1 unspecified atom stereocenters. The second-order valence-electron chi connectivity index (χ2n) is 7.65. The summed E-state index contributed by atoms with van der Waals surface area (Å²) in [6.07, 6.45) is -2.59. The van der Waals surface area contributed by atoms with E-state index in [0.717, 1.165) is 17.7 Å². The molecule has 0 fully saturated rings. The van der Waals surface area contributed by atoms with Gasteiger partial charge in [-0.2, -0.15) is 13.2 Å². The number of Topliss-reactive ketones (excluding diaryl/α,β-unsaturated/α-hetero) is 1. The monoisotopic (exact) mass is 417 g/mol. The van der Waals surface area contributed by atoms with E-state index in [1.54, 1.807) is 25.3 Å². The predicted octanol–water partition coefficient (Wildman–Crippen LogP) is 4.37. The van der Waals surface area contributed by atoms with Crippen molar-refractivity contribution in [1.82, 2.24) is 10.3 Å². The van der Waals surface area contributed by atoms with Crippen LogP contribution in [0, 0.1) is 5.92 Å².